The lowest BCUT2D eigenvalue weighted by Gasteiger charge is -2.42. The fourth-order valence-electron chi connectivity index (χ4n) is 4.69. The predicted octanol–water partition coefficient (Wildman–Crippen LogP) is 8.42. The van der Waals surface area contributed by atoms with Gasteiger partial charge in [0.25, 0.3) is 0 Å². The maximum Gasteiger partial charge on any atom is -0.0318 e. The van der Waals surface area contributed by atoms with Crippen molar-refractivity contribution in [3.63, 3.8) is 0 Å². The van der Waals surface area contributed by atoms with E-state index in [0.717, 1.165) is 17.8 Å². The van der Waals surface area contributed by atoms with Crippen molar-refractivity contribution in [2.75, 3.05) is 0 Å². The van der Waals surface area contributed by atoms with Crippen LogP contribution in [-0.2, 0) is 0 Å². The highest BCUT2D eigenvalue weighted by Gasteiger charge is 2.35. The summed E-state index contributed by atoms with van der Waals surface area (Å²) in [5, 5.41) is 0. The first-order chi connectivity index (χ1) is 10.9. The number of allylic oxidation sites excluding steroid dienone is 2. The van der Waals surface area contributed by atoms with Crippen molar-refractivity contribution in [3.8, 4) is 0 Å². The van der Waals surface area contributed by atoms with E-state index < -0.39 is 0 Å². The molecule has 0 radical (unpaired) electrons. The molecule has 3 atom stereocenters. The highest BCUT2D eigenvalue weighted by Crippen LogP contribution is 2.44. The Balaban J connectivity index is 2.57. The lowest BCUT2D eigenvalue weighted by molar-refractivity contribution is 0.0792. The average Bonchev–Trinajstić information content (AvgIpc) is 2.95. The summed E-state index contributed by atoms with van der Waals surface area (Å²) in [6, 6.07) is 0. The van der Waals surface area contributed by atoms with Gasteiger partial charge in [0.1, 0.15) is 0 Å². The van der Waals surface area contributed by atoms with Crippen LogP contribution in [0.2, 0.25) is 0 Å². The maximum absolute atomic E-state index is 2.52. The number of hydrogen-bond acceptors (Lipinski definition) is 0. The second-order valence-electron chi connectivity index (χ2n) is 11.1. The van der Waals surface area contributed by atoms with E-state index in [2.05, 4.69) is 62.3 Å². The quantitative estimate of drug-likeness (QED) is 0.410. The molecule has 0 heterocycles. The maximum atomic E-state index is 2.52. The van der Waals surface area contributed by atoms with Gasteiger partial charge in [-0.15, -0.1) is 0 Å². The van der Waals surface area contributed by atoms with E-state index >= 15 is 0 Å². The Labute approximate surface area is 153 Å². The Morgan fingerprint density at radius 3 is 1.96 bits per heavy atom. The van der Waals surface area contributed by atoms with Crippen molar-refractivity contribution in [1.82, 2.24) is 0 Å². The Hall–Kier alpha value is -0.260. The van der Waals surface area contributed by atoms with Gasteiger partial charge in [0.15, 0.2) is 0 Å². The molecular formula is C24H46. The van der Waals surface area contributed by atoms with E-state index in [1.54, 1.807) is 11.1 Å². The molecule has 142 valence electrons. The minimum Gasteiger partial charge on any atom is -0.0741 e. The molecule has 0 aliphatic heterocycles. The van der Waals surface area contributed by atoms with E-state index in [1.165, 1.54) is 51.4 Å². The summed E-state index contributed by atoms with van der Waals surface area (Å²) in [5.74, 6) is 2.45. The van der Waals surface area contributed by atoms with Crippen molar-refractivity contribution < 1.29 is 0 Å². The van der Waals surface area contributed by atoms with Crippen LogP contribution in [-0.4, -0.2) is 0 Å². The molecule has 0 saturated heterocycles. The van der Waals surface area contributed by atoms with Gasteiger partial charge in [0.05, 0.1) is 0 Å². The molecule has 0 spiro atoms. The first kappa shape index (κ1) is 21.8. The van der Waals surface area contributed by atoms with Crippen molar-refractivity contribution >= 4 is 0 Å². The van der Waals surface area contributed by atoms with Gasteiger partial charge in [-0.1, -0.05) is 73.0 Å². The van der Waals surface area contributed by atoms with Crippen LogP contribution in [0.5, 0.6) is 0 Å². The van der Waals surface area contributed by atoms with Crippen LogP contribution in [0.4, 0.5) is 0 Å². The van der Waals surface area contributed by atoms with Crippen molar-refractivity contribution in [3.05, 3.63) is 11.1 Å². The molecule has 1 rings (SSSR count). The molecule has 0 bridgehead atoms. The largest absolute Gasteiger partial charge is 0.0741 e. The molecule has 1 saturated carbocycles. The second kappa shape index (κ2) is 8.91. The standard InChI is InChI=1S/C24H46/c1-18(13-12-14-19(2)21-15-10-11-16-21)20(3)22(24(7,8)9)17-23(4,5)6/h18,20,22H,10-17H2,1-9H3. The highest BCUT2D eigenvalue weighted by molar-refractivity contribution is 5.14. The van der Waals surface area contributed by atoms with Crippen LogP contribution in [0.25, 0.3) is 0 Å². The SMILES string of the molecule is CC(CCCC(C)C(C)C(CC(C)(C)C)C(C)(C)C)=C1CCCC1. The molecule has 0 heteroatoms. The Kier molecular flexibility index (Phi) is 8.08. The van der Waals surface area contributed by atoms with Crippen LogP contribution in [0.15, 0.2) is 11.1 Å². The zero-order valence-electron chi connectivity index (χ0n) is 18.4. The predicted molar refractivity (Wildman–Crippen MR) is 110 cm³/mol. The van der Waals surface area contributed by atoms with Crippen molar-refractivity contribution in [1.29, 1.82) is 0 Å². The molecule has 0 aromatic heterocycles. The van der Waals surface area contributed by atoms with Gasteiger partial charge < -0.3 is 0 Å². The topological polar surface area (TPSA) is 0 Å². The third-order valence-corrected chi connectivity index (χ3v) is 6.50. The summed E-state index contributed by atoms with van der Waals surface area (Å²) < 4.78 is 0. The zero-order chi connectivity index (χ0) is 18.5. The van der Waals surface area contributed by atoms with Crippen LogP contribution in [0.3, 0.4) is 0 Å². The van der Waals surface area contributed by atoms with E-state index in [9.17, 15) is 0 Å². The van der Waals surface area contributed by atoms with E-state index in [1.807, 2.05) is 0 Å². The summed E-state index contributed by atoms with van der Waals surface area (Å²) in [7, 11) is 0. The van der Waals surface area contributed by atoms with Crippen LogP contribution in [0.1, 0.15) is 114 Å². The second-order valence-corrected chi connectivity index (χ2v) is 11.1. The van der Waals surface area contributed by atoms with Gasteiger partial charge in [0, 0.05) is 0 Å². The molecule has 0 nitrogen and oxygen atoms in total. The van der Waals surface area contributed by atoms with E-state index in [0.29, 0.717) is 10.8 Å². The zero-order valence-corrected chi connectivity index (χ0v) is 18.4. The molecule has 1 aliphatic carbocycles. The minimum absolute atomic E-state index is 0.405. The lowest BCUT2D eigenvalue weighted by atomic mass is 9.64. The molecule has 0 aromatic rings. The van der Waals surface area contributed by atoms with Gasteiger partial charge in [-0.3, -0.25) is 0 Å². The third-order valence-electron chi connectivity index (χ3n) is 6.50. The molecule has 1 fully saturated rings. The van der Waals surface area contributed by atoms with Gasteiger partial charge in [-0.05, 0) is 80.5 Å². The lowest BCUT2D eigenvalue weighted by Crippen LogP contribution is -2.33. The van der Waals surface area contributed by atoms with Crippen LogP contribution < -0.4 is 0 Å². The molecule has 0 aromatic carbocycles. The summed E-state index contributed by atoms with van der Waals surface area (Å²) in [4.78, 5) is 0. The summed E-state index contributed by atoms with van der Waals surface area (Å²) >= 11 is 0. The minimum atomic E-state index is 0.405. The third kappa shape index (κ3) is 7.32. The highest BCUT2D eigenvalue weighted by atomic mass is 14.4. The van der Waals surface area contributed by atoms with Crippen molar-refractivity contribution in [2.24, 2.45) is 28.6 Å². The number of rotatable bonds is 7. The molecule has 3 unspecified atom stereocenters. The van der Waals surface area contributed by atoms with Crippen LogP contribution >= 0.6 is 0 Å². The van der Waals surface area contributed by atoms with E-state index in [-0.39, 0.29) is 0 Å². The molecule has 0 N–H and O–H groups in total. The monoisotopic (exact) mass is 334 g/mol. The van der Waals surface area contributed by atoms with Crippen LogP contribution in [0, 0.1) is 28.6 Å². The summed E-state index contributed by atoms with van der Waals surface area (Å²) in [6.45, 7) is 22.0. The molecular weight excluding hydrogens is 288 g/mol. The Bertz CT molecular complexity index is 391. The fourth-order valence-corrected chi connectivity index (χ4v) is 4.69. The Morgan fingerprint density at radius 2 is 1.50 bits per heavy atom. The first-order valence-electron chi connectivity index (χ1n) is 10.6. The van der Waals surface area contributed by atoms with E-state index in [4.69, 9.17) is 0 Å². The molecule has 1 aliphatic rings. The first-order valence-corrected chi connectivity index (χ1v) is 10.6. The molecule has 0 amide bonds. The van der Waals surface area contributed by atoms with Crippen molar-refractivity contribution in [2.45, 2.75) is 114 Å². The summed E-state index contributed by atoms with van der Waals surface area (Å²) in [5.41, 5.74) is 4.34. The normalized spacial score (nSPS) is 20.1. The molecule has 24 heavy (non-hydrogen) atoms. The van der Waals surface area contributed by atoms with Gasteiger partial charge in [-0.2, -0.15) is 0 Å². The smallest absolute Gasteiger partial charge is 0.0318 e. The van der Waals surface area contributed by atoms with Gasteiger partial charge in [0.2, 0.25) is 0 Å². The fraction of sp³-hybridized carbons (Fsp3) is 0.917. The van der Waals surface area contributed by atoms with Gasteiger partial charge >= 0.3 is 0 Å². The Morgan fingerprint density at radius 1 is 0.958 bits per heavy atom. The number of hydrogen-bond donors (Lipinski definition) is 0. The summed E-state index contributed by atoms with van der Waals surface area (Å²) in [6.07, 6.45) is 11.1. The van der Waals surface area contributed by atoms with Gasteiger partial charge in [-0.25, -0.2) is 0 Å². The average molecular weight is 335 g/mol.